The van der Waals surface area contributed by atoms with E-state index in [2.05, 4.69) is 15.9 Å². The third-order valence-electron chi connectivity index (χ3n) is 4.77. The number of thiocarbonyl (C=S) groups is 1. The number of esters is 1. The van der Waals surface area contributed by atoms with Crippen molar-refractivity contribution in [2.45, 2.75) is 26.9 Å². The zero-order chi connectivity index (χ0) is 25.5. The second-order valence-electron chi connectivity index (χ2n) is 7.14. The summed E-state index contributed by atoms with van der Waals surface area (Å²) in [5.74, 6) is -0.340. The second kappa shape index (κ2) is 12.7. The zero-order valence-corrected chi connectivity index (χ0v) is 22.9. The van der Waals surface area contributed by atoms with Crippen molar-refractivity contribution in [2.24, 2.45) is 0 Å². The summed E-state index contributed by atoms with van der Waals surface area (Å²) in [6.07, 6.45) is 1.75. The molecule has 2 aromatic rings. The molecule has 0 aromatic heterocycles. The predicted octanol–water partition coefficient (Wildman–Crippen LogP) is 6.37. The monoisotopic (exact) mass is 601 g/mol. The molecule has 0 atom stereocenters. The summed E-state index contributed by atoms with van der Waals surface area (Å²) < 4.78 is 31.6. The average Bonchev–Trinajstić information content (AvgIpc) is 3.06. The molecule has 6 nitrogen and oxygen atoms in total. The van der Waals surface area contributed by atoms with E-state index in [4.69, 9.17) is 38.0 Å². The molecule has 0 saturated carbocycles. The highest BCUT2D eigenvalue weighted by molar-refractivity contribution is 9.10. The number of ether oxygens (including phenoxy) is 3. The van der Waals surface area contributed by atoms with Gasteiger partial charge in [-0.25, -0.2) is 4.39 Å². The highest BCUT2D eigenvalue weighted by atomic mass is 79.9. The lowest BCUT2D eigenvalue weighted by Gasteiger charge is -2.16. The molecule has 0 radical (unpaired) electrons. The third-order valence-corrected chi connectivity index (χ3v) is 7.09. The molecule has 0 aliphatic carbocycles. The van der Waals surface area contributed by atoms with Crippen LogP contribution in [0.5, 0.6) is 11.5 Å². The molecule has 0 N–H and O–H groups in total. The van der Waals surface area contributed by atoms with E-state index in [1.165, 1.54) is 17.0 Å². The summed E-state index contributed by atoms with van der Waals surface area (Å²) in [7, 11) is 0. The van der Waals surface area contributed by atoms with Gasteiger partial charge in [-0.3, -0.25) is 14.5 Å². The van der Waals surface area contributed by atoms with Gasteiger partial charge in [0.2, 0.25) is 0 Å². The summed E-state index contributed by atoms with van der Waals surface area (Å²) >= 11 is 16.1. The van der Waals surface area contributed by atoms with Gasteiger partial charge in [0.15, 0.2) is 11.5 Å². The molecule has 11 heteroatoms. The molecule has 186 valence electrons. The lowest BCUT2D eigenvalue weighted by Crippen LogP contribution is -2.30. The summed E-state index contributed by atoms with van der Waals surface area (Å²) in [5, 5.41) is 0.265. The van der Waals surface area contributed by atoms with Crippen molar-refractivity contribution < 1.29 is 28.2 Å². The van der Waals surface area contributed by atoms with Gasteiger partial charge in [-0.2, -0.15) is 0 Å². The molecular weight excluding hydrogens is 581 g/mol. The molecule has 1 heterocycles. The quantitative estimate of drug-likeness (QED) is 0.178. The average molecular weight is 603 g/mol. The normalized spacial score (nSPS) is 14.5. The van der Waals surface area contributed by atoms with Crippen molar-refractivity contribution in [3.05, 3.63) is 61.7 Å². The Labute approximate surface area is 225 Å². The molecule has 1 saturated heterocycles. The summed E-state index contributed by atoms with van der Waals surface area (Å²) in [4.78, 5) is 26.3. The highest BCUT2D eigenvalue weighted by Crippen LogP contribution is 2.40. The fourth-order valence-electron chi connectivity index (χ4n) is 3.17. The number of rotatable bonds is 10. The topological polar surface area (TPSA) is 65.1 Å². The van der Waals surface area contributed by atoms with Crippen LogP contribution in [0.1, 0.15) is 31.4 Å². The Morgan fingerprint density at radius 3 is 2.71 bits per heavy atom. The molecule has 3 rings (SSSR count). The fraction of sp³-hybridized carbons (Fsp3) is 0.292. The minimum Gasteiger partial charge on any atom is -0.490 e. The summed E-state index contributed by atoms with van der Waals surface area (Å²) in [6, 6.07) is 7.91. The molecule has 1 aliphatic rings. The lowest BCUT2D eigenvalue weighted by molar-refractivity contribution is -0.143. The van der Waals surface area contributed by atoms with E-state index in [0.29, 0.717) is 37.4 Å². The Kier molecular flexibility index (Phi) is 9.97. The van der Waals surface area contributed by atoms with Crippen LogP contribution in [0.2, 0.25) is 5.02 Å². The van der Waals surface area contributed by atoms with Gasteiger partial charge in [0.1, 0.15) is 16.7 Å². The van der Waals surface area contributed by atoms with Gasteiger partial charge in [-0.15, -0.1) is 0 Å². The van der Waals surface area contributed by atoms with E-state index in [1.54, 1.807) is 31.2 Å². The molecule has 0 unspecified atom stereocenters. The van der Waals surface area contributed by atoms with E-state index >= 15 is 0 Å². The Morgan fingerprint density at radius 1 is 1.26 bits per heavy atom. The number of carbonyl (C=O) groups excluding carboxylic acids is 2. The molecule has 1 amide bonds. The van der Waals surface area contributed by atoms with E-state index in [0.717, 1.165) is 11.8 Å². The maximum absolute atomic E-state index is 14.1. The van der Waals surface area contributed by atoms with Crippen LogP contribution in [0.25, 0.3) is 6.08 Å². The smallest absolute Gasteiger partial charge is 0.307 e. The maximum Gasteiger partial charge on any atom is 0.307 e. The molecule has 2 aromatic carbocycles. The molecule has 0 spiro atoms. The van der Waals surface area contributed by atoms with Crippen LogP contribution in [-0.2, 0) is 20.9 Å². The van der Waals surface area contributed by atoms with Crippen LogP contribution in [0, 0.1) is 5.82 Å². The first-order chi connectivity index (χ1) is 16.7. The Bertz CT molecular complexity index is 1160. The van der Waals surface area contributed by atoms with Crippen LogP contribution < -0.4 is 9.47 Å². The molecule has 1 aliphatic heterocycles. The predicted molar refractivity (Wildman–Crippen MR) is 142 cm³/mol. The number of hydrogen-bond donors (Lipinski definition) is 0. The number of hydrogen-bond acceptors (Lipinski definition) is 7. The lowest BCUT2D eigenvalue weighted by atomic mass is 10.1. The molecule has 0 bridgehead atoms. The third kappa shape index (κ3) is 6.97. The van der Waals surface area contributed by atoms with Crippen molar-refractivity contribution in [1.29, 1.82) is 0 Å². The highest BCUT2D eigenvalue weighted by Gasteiger charge is 2.32. The van der Waals surface area contributed by atoms with Crippen molar-refractivity contribution in [1.82, 2.24) is 4.90 Å². The van der Waals surface area contributed by atoms with E-state index in [9.17, 15) is 14.0 Å². The second-order valence-corrected chi connectivity index (χ2v) is 10.1. The molecule has 1 fully saturated rings. The van der Waals surface area contributed by atoms with Crippen LogP contribution >= 0.6 is 51.5 Å². The van der Waals surface area contributed by atoms with Gasteiger partial charge >= 0.3 is 5.97 Å². The SMILES string of the molecule is CCOC(=O)CCN1C(=O)/C(=C\c2cc(Br)c(OCc3c(F)cccc3Cl)c(OCC)c2)SC1=S. The number of nitrogens with zero attached hydrogens (tertiary/aromatic N) is 1. The van der Waals surface area contributed by atoms with Crippen molar-refractivity contribution in [3.8, 4) is 11.5 Å². The van der Waals surface area contributed by atoms with E-state index in [-0.39, 0.29) is 48.6 Å². The fourth-order valence-corrected chi connectivity index (χ4v) is 5.27. The zero-order valence-electron chi connectivity index (χ0n) is 18.9. The molecule has 35 heavy (non-hydrogen) atoms. The largest absolute Gasteiger partial charge is 0.490 e. The number of thioether (sulfide) groups is 1. The van der Waals surface area contributed by atoms with Crippen molar-refractivity contribution >= 4 is 73.8 Å². The standard InChI is InChI=1S/C24H22BrClFNO5S2/c1-3-31-19-11-14(10-16(25)22(19)33-13-15-17(26)6-5-7-18(15)27)12-20-23(30)28(24(34)35-20)9-8-21(29)32-4-2/h5-7,10-12H,3-4,8-9,13H2,1-2H3/b20-12+. The van der Waals surface area contributed by atoms with E-state index in [1.807, 2.05) is 6.92 Å². The van der Waals surface area contributed by atoms with E-state index < -0.39 is 5.82 Å². The van der Waals surface area contributed by atoms with Gasteiger partial charge < -0.3 is 14.2 Å². The summed E-state index contributed by atoms with van der Waals surface area (Å²) in [5.41, 5.74) is 0.904. The number of carbonyl (C=O) groups is 2. The van der Waals surface area contributed by atoms with Crippen molar-refractivity contribution in [3.63, 3.8) is 0 Å². The first-order valence-electron chi connectivity index (χ1n) is 10.7. The van der Waals surface area contributed by atoms with Crippen LogP contribution in [-0.4, -0.2) is 40.9 Å². The Hall–Kier alpha value is -2.14. The van der Waals surface area contributed by atoms with Gasteiger partial charge in [0.05, 0.1) is 34.0 Å². The minimum absolute atomic E-state index is 0.0612. The molecular formula is C24H22BrClFNO5S2. The van der Waals surface area contributed by atoms with Gasteiger partial charge in [-0.05, 0) is 65.7 Å². The van der Waals surface area contributed by atoms with Gasteiger partial charge in [0.25, 0.3) is 5.91 Å². The number of amides is 1. The first kappa shape index (κ1) is 27.4. The van der Waals surface area contributed by atoms with Gasteiger partial charge in [0, 0.05) is 12.1 Å². The Morgan fingerprint density at radius 2 is 2.03 bits per heavy atom. The Balaban J connectivity index is 1.81. The number of halogens is 3. The summed E-state index contributed by atoms with van der Waals surface area (Å²) in [6.45, 7) is 4.25. The van der Waals surface area contributed by atoms with Crippen LogP contribution in [0.4, 0.5) is 4.39 Å². The minimum atomic E-state index is -0.465. The maximum atomic E-state index is 14.1. The first-order valence-corrected chi connectivity index (χ1v) is 13.1. The van der Waals surface area contributed by atoms with Crippen LogP contribution in [0.3, 0.4) is 0 Å². The van der Waals surface area contributed by atoms with Gasteiger partial charge in [-0.1, -0.05) is 41.6 Å². The van der Waals surface area contributed by atoms with Crippen LogP contribution in [0.15, 0.2) is 39.7 Å². The number of benzene rings is 2. The van der Waals surface area contributed by atoms with Crippen molar-refractivity contribution in [2.75, 3.05) is 19.8 Å².